The van der Waals surface area contributed by atoms with Crippen molar-refractivity contribution in [3.63, 3.8) is 0 Å². The minimum atomic E-state index is -0.414. The average Bonchev–Trinajstić information content (AvgIpc) is 3.05. The first kappa shape index (κ1) is 37.4. The summed E-state index contributed by atoms with van der Waals surface area (Å²) < 4.78 is 12.1. The summed E-state index contributed by atoms with van der Waals surface area (Å²) in [6.45, 7) is 24.5. The van der Waals surface area contributed by atoms with E-state index in [1.807, 2.05) is 0 Å². The van der Waals surface area contributed by atoms with E-state index in [-0.39, 0.29) is 28.8 Å². The van der Waals surface area contributed by atoms with E-state index < -0.39 is 5.97 Å². The second-order valence-corrected chi connectivity index (χ2v) is 20.7. The fourth-order valence-electron chi connectivity index (χ4n) is 14.4. The first-order valence-corrected chi connectivity index (χ1v) is 21.1. The van der Waals surface area contributed by atoms with Gasteiger partial charge in [0.15, 0.2) is 0 Å². The zero-order chi connectivity index (χ0) is 35.4. The Bertz CT molecular complexity index is 1220. The van der Waals surface area contributed by atoms with Crippen molar-refractivity contribution in [2.45, 2.75) is 165 Å². The van der Waals surface area contributed by atoms with Crippen LogP contribution in [0.4, 0.5) is 0 Å². The van der Waals surface area contributed by atoms with E-state index in [4.69, 9.17) is 9.47 Å². The van der Waals surface area contributed by atoms with Gasteiger partial charge in [-0.25, -0.2) is 4.79 Å². The Morgan fingerprint density at radius 2 is 1.08 bits per heavy atom. The van der Waals surface area contributed by atoms with Crippen molar-refractivity contribution < 1.29 is 19.1 Å². The molecule has 12 unspecified atom stereocenters. The highest BCUT2D eigenvalue weighted by Gasteiger charge is 2.58. The van der Waals surface area contributed by atoms with Gasteiger partial charge in [0.25, 0.3) is 0 Å². The highest BCUT2D eigenvalue weighted by atomic mass is 16.5. The molecule has 0 saturated heterocycles. The first-order chi connectivity index (χ1) is 23.1. The summed E-state index contributed by atoms with van der Waals surface area (Å²) in [5.41, 5.74) is 0.904. The molecule has 0 aromatic heterocycles. The molecule has 4 heteroatoms. The van der Waals surface area contributed by atoms with E-state index in [9.17, 15) is 9.59 Å². The van der Waals surface area contributed by atoms with Crippen LogP contribution in [0.2, 0.25) is 0 Å². The lowest BCUT2D eigenvalue weighted by Crippen LogP contribution is -2.55. The predicted octanol–water partition coefficient (Wildman–Crippen LogP) is 11.6. The van der Waals surface area contributed by atoms with Crippen molar-refractivity contribution in [2.75, 3.05) is 13.2 Å². The van der Waals surface area contributed by atoms with Crippen LogP contribution < -0.4 is 0 Å². The lowest BCUT2D eigenvalue weighted by Gasteiger charge is -2.61. The van der Waals surface area contributed by atoms with Crippen LogP contribution in [-0.4, -0.2) is 25.2 Å². The molecule has 6 rings (SSSR count). The van der Waals surface area contributed by atoms with Crippen LogP contribution in [-0.2, 0) is 19.1 Å². The Labute approximate surface area is 301 Å². The van der Waals surface area contributed by atoms with E-state index in [2.05, 4.69) is 62.0 Å². The molecule has 0 spiro atoms. The summed E-state index contributed by atoms with van der Waals surface area (Å²) in [5.74, 6) is 7.13. The number of ether oxygens (including phenoxy) is 2. The highest BCUT2D eigenvalue weighted by Crippen LogP contribution is 2.66. The molecule has 0 N–H and O–H groups in total. The van der Waals surface area contributed by atoms with Crippen molar-refractivity contribution in [2.24, 2.45) is 80.8 Å². The van der Waals surface area contributed by atoms with E-state index in [0.717, 1.165) is 60.2 Å². The molecule has 0 amide bonds. The highest BCUT2D eigenvalue weighted by molar-refractivity contribution is 5.93. The number of hydrogen-bond donors (Lipinski definition) is 0. The third-order valence-electron chi connectivity index (χ3n) is 17.2. The average molecular weight is 679 g/mol. The second kappa shape index (κ2) is 14.2. The standard InChI is InChI=1S/C45H74O4/c1-29(2)32-12-16-36-34(25-32)14-18-38-42(6,20-10-22-44(36,38)8)27-48-40(46)24-31(5)41(47)49-28-43(7)21-11-23-45(9)37-17-13-33(30(3)4)26-35(37)15-19-39(43)45/h29-30,32-39H,5,10-28H2,1-4,6-9H3. The predicted molar refractivity (Wildman–Crippen MR) is 200 cm³/mol. The number of carbonyl (C=O) groups is 2. The van der Waals surface area contributed by atoms with Crippen molar-refractivity contribution in [3.8, 4) is 0 Å². The fraction of sp³-hybridized carbons (Fsp3) is 0.911. The monoisotopic (exact) mass is 679 g/mol. The van der Waals surface area contributed by atoms with Gasteiger partial charge in [0, 0.05) is 16.4 Å². The molecule has 0 bridgehead atoms. The van der Waals surface area contributed by atoms with Gasteiger partial charge < -0.3 is 9.47 Å². The van der Waals surface area contributed by atoms with Crippen LogP contribution in [0.1, 0.15) is 165 Å². The molecule has 0 radical (unpaired) electrons. The fourth-order valence-corrected chi connectivity index (χ4v) is 14.4. The molecule has 12 atom stereocenters. The number of hydrogen-bond acceptors (Lipinski definition) is 4. The maximum Gasteiger partial charge on any atom is 0.334 e. The minimum absolute atomic E-state index is 0.000367. The van der Waals surface area contributed by atoms with Crippen LogP contribution >= 0.6 is 0 Å². The van der Waals surface area contributed by atoms with Crippen molar-refractivity contribution in [3.05, 3.63) is 12.2 Å². The Morgan fingerprint density at radius 3 is 1.53 bits per heavy atom. The summed E-state index contributed by atoms with van der Waals surface area (Å²) in [4.78, 5) is 26.5. The van der Waals surface area contributed by atoms with Crippen LogP contribution in [0.15, 0.2) is 12.2 Å². The summed E-state index contributed by atoms with van der Waals surface area (Å²) in [6.07, 6.45) is 20.7. The topological polar surface area (TPSA) is 52.6 Å². The maximum absolute atomic E-state index is 13.3. The SMILES string of the molecule is C=C(CC(=O)OCC1(C)CCCC2(C)C3CCC(C(C)C)CC3CCC12)C(=O)OCC1(C)CCCC2(C)C3CCC(C(C)C)CC3CCC12. The largest absolute Gasteiger partial charge is 0.465 e. The van der Waals surface area contributed by atoms with Crippen molar-refractivity contribution >= 4 is 11.9 Å². The Balaban J connectivity index is 1.00. The third-order valence-corrected chi connectivity index (χ3v) is 17.2. The first-order valence-electron chi connectivity index (χ1n) is 21.1. The molecule has 4 nitrogen and oxygen atoms in total. The van der Waals surface area contributed by atoms with Crippen molar-refractivity contribution in [1.82, 2.24) is 0 Å². The lowest BCUT2D eigenvalue weighted by atomic mass is 9.44. The van der Waals surface area contributed by atoms with Crippen molar-refractivity contribution in [1.29, 1.82) is 0 Å². The van der Waals surface area contributed by atoms with E-state index >= 15 is 0 Å². The molecule has 0 heterocycles. The number of carbonyl (C=O) groups excluding carboxylic acids is 2. The summed E-state index contributed by atoms with van der Waals surface area (Å²) in [5, 5.41) is 0. The van der Waals surface area contributed by atoms with E-state index in [1.54, 1.807) is 0 Å². The van der Waals surface area contributed by atoms with Crippen LogP contribution in [0, 0.1) is 80.8 Å². The number of esters is 2. The normalized spacial score (nSPS) is 45.0. The quantitative estimate of drug-likeness (QED) is 0.180. The van der Waals surface area contributed by atoms with Crippen LogP contribution in [0.25, 0.3) is 0 Å². The molecule has 278 valence electrons. The van der Waals surface area contributed by atoms with Crippen LogP contribution in [0.3, 0.4) is 0 Å². The summed E-state index contributed by atoms with van der Waals surface area (Å²) >= 11 is 0. The zero-order valence-electron chi connectivity index (χ0n) is 33.0. The number of fused-ring (bicyclic) bond motifs is 6. The summed E-state index contributed by atoms with van der Waals surface area (Å²) in [6, 6.07) is 0. The Kier molecular flexibility index (Phi) is 10.9. The molecular formula is C45H74O4. The third kappa shape index (κ3) is 7.09. The molecule has 6 aliphatic rings. The molecule has 0 aromatic carbocycles. The zero-order valence-corrected chi connectivity index (χ0v) is 33.0. The number of rotatable bonds is 9. The van der Waals surface area contributed by atoms with Gasteiger partial charge in [0.1, 0.15) is 0 Å². The molecule has 0 aromatic rings. The maximum atomic E-state index is 13.3. The van der Waals surface area contributed by atoms with Gasteiger partial charge in [-0.15, -0.1) is 0 Å². The molecule has 6 fully saturated rings. The van der Waals surface area contributed by atoms with Gasteiger partial charge in [-0.2, -0.15) is 0 Å². The van der Waals surface area contributed by atoms with Gasteiger partial charge >= 0.3 is 11.9 Å². The van der Waals surface area contributed by atoms with Crippen LogP contribution in [0.5, 0.6) is 0 Å². The molecule has 49 heavy (non-hydrogen) atoms. The smallest absolute Gasteiger partial charge is 0.334 e. The van der Waals surface area contributed by atoms with Gasteiger partial charge in [0.05, 0.1) is 19.6 Å². The Hall–Kier alpha value is -1.32. The molecule has 0 aliphatic heterocycles. The molecule has 6 aliphatic carbocycles. The second-order valence-electron chi connectivity index (χ2n) is 20.7. The van der Waals surface area contributed by atoms with Gasteiger partial charge in [0.2, 0.25) is 0 Å². The molecular weight excluding hydrogens is 604 g/mol. The van der Waals surface area contributed by atoms with E-state index in [0.29, 0.717) is 35.9 Å². The van der Waals surface area contributed by atoms with Gasteiger partial charge in [-0.3, -0.25) is 4.79 Å². The molecule has 6 saturated carbocycles. The van der Waals surface area contributed by atoms with Gasteiger partial charge in [-0.1, -0.05) is 74.8 Å². The summed E-state index contributed by atoms with van der Waals surface area (Å²) in [7, 11) is 0. The van der Waals surface area contributed by atoms with Gasteiger partial charge in [-0.05, 0) is 160 Å². The minimum Gasteiger partial charge on any atom is -0.465 e. The van der Waals surface area contributed by atoms with E-state index in [1.165, 1.54) is 89.9 Å². The Morgan fingerprint density at radius 1 is 0.633 bits per heavy atom. The lowest BCUT2D eigenvalue weighted by molar-refractivity contribution is -0.165.